The Morgan fingerprint density at radius 1 is 1.03 bits per heavy atom. The number of piperazine rings is 1. The van der Waals surface area contributed by atoms with Crippen molar-refractivity contribution in [1.82, 2.24) is 15.1 Å². The second-order valence-electron chi connectivity index (χ2n) is 11.3. The molecule has 4 aliphatic carbocycles. The molecule has 0 radical (unpaired) electrons. The van der Waals surface area contributed by atoms with Crippen LogP contribution in [0.2, 0.25) is 0 Å². The molecular weight excluding hydrogens is 400 g/mol. The van der Waals surface area contributed by atoms with Gasteiger partial charge in [0.25, 0.3) is 5.91 Å². The molecule has 2 amide bonds. The summed E-state index contributed by atoms with van der Waals surface area (Å²) < 4.78 is 0. The molecular formula is C26H36N4O2. The summed E-state index contributed by atoms with van der Waals surface area (Å²) in [5.74, 6) is 0.734. The van der Waals surface area contributed by atoms with Gasteiger partial charge in [-0.3, -0.25) is 14.5 Å². The van der Waals surface area contributed by atoms with Crippen molar-refractivity contribution in [3.05, 3.63) is 29.8 Å². The Morgan fingerprint density at radius 3 is 2.53 bits per heavy atom. The van der Waals surface area contributed by atoms with Crippen LogP contribution in [0.15, 0.2) is 24.3 Å². The second-order valence-corrected chi connectivity index (χ2v) is 11.3. The number of hydrogen-bond donors (Lipinski definition) is 2. The maximum atomic E-state index is 13.7. The molecule has 7 rings (SSSR count). The summed E-state index contributed by atoms with van der Waals surface area (Å²) in [4.78, 5) is 31.4. The van der Waals surface area contributed by atoms with Crippen LogP contribution >= 0.6 is 0 Å². The van der Waals surface area contributed by atoms with Crippen LogP contribution in [0.5, 0.6) is 0 Å². The first-order valence-electron chi connectivity index (χ1n) is 12.7. The summed E-state index contributed by atoms with van der Waals surface area (Å²) in [5, 5.41) is 7.05. The van der Waals surface area contributed by atoms with Gasteiger partial charge >= 0.3 is 0 Å². The molecule has 2 heterocycles. The number of benzene rings is 1. The first-order chi connectivity index (χ1) is 15.5. The van der Waals surface area contributed by atoms with Crippen molar-refractivity contribution in [2.24, 2.45) is 17.3 Å². The molecule has 6 nitrogen and oxygen atoms in total. The van der Waals surface area contributed by atoms with Crippen molar-refractivity contribution < 1.29 is 9.59 Å². The number of fused-ring (bicyclic) bond motifs is 3. The highest BCUT2D eigenvalue weighted by Gasteiger charge is 2.60. The van der Waals surface area contributed by atoms with Crippen molar-refractivity contribution in [2.75, 3.05) is 31.5 Å². The van der Waals surface area contributed by atoms with Gasteiger partial charge in [0.2, 0.25) is 5.91 Å². The molecule has 5 fully saturated rings. The molecule has 1 aromatic carbocycles. The maximum absolute atomic E-state index is 13.7. The summed E-state index contributed by atoms with van der Waals surface area (Å²) >= 11 is 0. The quantitative estimate of drug-likeness (QED) is 0.745. The second kappa shape index (κ2) is 7.47. The Hall–Kier alpha value is -2.08. The lowest BCUT2D eigenvalue weighted by Gasteiger charge is -2.61. The van der Waals surface area contributed by atoms with Gasteiger partial charge in [-0.25, -0.2) is 0 Å². The Balaban J connectivity index is 1.17. The molecule has 2 N–H and O–H groups in total. The molecule has 0 unspecified atom stereocenters. The van der Waals surface area contributed by atoms with E-state index in [1.807, 2.05) is 24.3 Å². The molecule has 32 heavy (non-hydrogen) atoms. The molecule has 6 aliphatic rings. The SMILES string of the molecule is C[C@@]12CC[C@H](C[C@@H]1C(=O)N1CCN(C3CCCC3)CC1)[C@]1(C2)NC(=O)c2ccccc2N1. The number of anilines is 1. The summed E-state index contributed by atoms with van der Waals surface area (Å²) in [6.07, 6.45) is 9.21. The van der Waals surface area contributed by atoms with Crippen molar-refractivity contribution >= 4 is 17.5 Å². The van der Waals surface area contributed by atoms with Crippen LogP contribution in [0.4, 0.5) is 5.69 Å². The van der Waals surface area contributed by atoms with Gasteiger partial charge in [0.15, 0.2) is 0 Å². The van der Waals surface area contributed by atoms with E-state index in [0.717, 1.165) is 69.2 Å². The van der Waals surface area contributed by atoms with E-state index < -0.39 is 5.66 Å². The van der Waals surface area contributed by atoms with E-state index >= 15 is 0 Å². The van der Waals surface area contributed by atoms with E-state index in [2.05, 4.69) is 27.4 Å². The number of rotatable bonds is 2. The molecule has 2 bridgehead atoms. The van der Waals surface area contributed by atoms with Crippen LogP contribution < -0.4 is 10.6 Å². The Bertz CT molecular complexity index is 920. The monoisotopic (exact) mass is 436 g/mol. The third-order valence-electron chi connectivity index (χ3n) is 9.44. The molecule has 4 atom stereocenters. The number of amides is 2. The van der Waals surface area contributed by atoms with Crippen LogP contribution in [0.3, 0.4) is 0 Å². The van der Waals surface area contributed by atoms with Crippen molar-refractivity contribution in [3.8, 4) is 0 Å². The number of para-hydroxylation sites is 1. The number of nitrogens with zero attached hydrogens (tertiary/aromatic N) is 2. The van der Waals surface area contributed by atoms with Crippen LogP contribution in [0.1, 0.15) is 68.6 Å². The zero-order valence-electron chi connectivity index (χ0n) is 19.2. The van der Waals surface area contributed by atoms with Gasteiger partial charge in [0, 0.05) is 49.7 Å². The molecule has 1 saturated heterocycles. The molecule has 172 valence electrons. The minimum atomic E-state index is -0.420. The molecule has 2 aliphatic heterocycles. The lowest BCUT2D eigenvalue weighted by molar-refractivity contribution is -0.152. The topological polar surface area (TPSA) is 64.7 Å². The fourth-order valence-electron chi connectivity index (χ4n) is 7.63. The van der Waals surface area contributed by atoms with E-state index in [4.69, 9.17) is 0 Å². The van der Waals surface area contributed by atoms with E-state index in [1.54, 1.807) is 0 Å². The zero-order chi connectivity index (χ0) is 21.9. The van der Waals surface area contributed by atoms with Gasteiger partial charge < -0.3 is 15.5 Å². The number of carbonyl (C=O) groups is 2. The third kappa shape index (κ3) is 3.17. The average Bonchev–Trinajstić information content (AvgIpc) is 3.33. The fourth-order valence-corrected chi connectivity index (χ4v) is 7.63. The van der Waals surface area contributed by atoms with Gasteiger partial charge in [0.05, 0.1) is 5.56 Å². The van der Waals surface area contributed by atoms with E-state index in [-0.39, 0.29) is 23.2 Å². The average molecular weight is 437 g/mol. The van der Waals surface area contributed by atoms with Crippen molar-refractivity contribution in [3.63, 3.8) is 0 Å². The standard InChI is InChI=1S/C26H36N4O2/c1-25-11-10-18(26(17-25)27-22-9-5-4-8-20(22)23(31)28-26)16-21(25)24(32)30-14-12-29(13-15-30)19-6-2-3-7-19/h4-5,8-9,18-19,21,27H,2-3,6-7,10-17H2,1H3,(H,28,31)/t18-,21-,25+,26+/m1/s1. The fraction of sp³-hybridized carbons (Fsp3) is 0.692. The highest BCUT2D eigenvalue weighted by Crippen LogP contribution is 2.58. The number of hydrogen-bond acceptors (Lipinski definition) is 4. The predicted molar refractivity (Wildman–Crippen MR) is 124 cm³/mol. The van der Waals surface area contributed by atoms with Crippen LogP contribution in [-0.4, -0.2) is 59.5 Å². The van der Waals surface area contributed by atoms with Gasteiger partial charge in [-0.05, 0) is 56.1 Å². The summed E-state index contributed by atoms with van der Waals surface area (Å²) in [7, 11) is 0. The minimum absolute atomic E-state index is 0.0152. The first-order valence-corrected chi connectivity index (χ1v) is 12.7. The van der Waals surface area contributed by atoms with Crippen LogP contribution in [-0.2, 0) is 4.79 Å². The lowest BCUT2D eigenvalue weighted by Crippen LogP contribution is -2.70. The predicted octanol–water partition coefficient (Wildman–Crippen LogP) is 3.45. The van der Waals surface area contributed by atoms with Gasteiger partial charge in [0.1, 0.15) is 5.66 Å². The Kier molecular flexibility index (Phi) is 4.79. The van der Waals surface area contributed by atoms with Crippen LogP contribution in [0.25, 0.3) is 0 Å². The normalized spacial score (nSPS) is 37.3. The highest BCUT2D eigenvalue weighted by atomic mass is 16.2. The van der Waals surface area contributed by atoms with Crippen LogP contribution in [0, 0.1) is 17.3 Å². The first kappa shape index (κ1) is 20.5. The summed E-state index contributed by atoms with van der Waals surface area (Å²) in [6.45, 7) is 6.10. The molecule has 6 heteroatoms. The zero-order valence-corrected chi connectivity index (χ0v) is 19.2. The Morgan fingerprint density at radius 2 is 1.78 bits per heavy atom. The van der Waals surface area contributed by atoms with E-state index in [9.17, 15) is 9.59 Å². The maximum Gasteiger partial charge on any atom is 0.255 e. The van der Waals surface area contributed by atoms with Gasteiger partial charge in [-0.1, -0.05) is 31.9 Å². The summed E-state index contributed by atoms with van der Waals surface area (Å²) in [5.41, 5.74) is 1.15. The van der Waals surface area contributed by atoms with Gasteiger partial charge in [-0.2, -0.15) is 0 Å². The molecule has 1 aromatic rings. The number of nitrogens with one attached hydrogen (secondary N) is 2. The third-order valence-corrected chi connectivity index (χ3v) is 9.44. The van der Waals surface area contributed by atoms with Crippen molar-refractivity contribution in [2.45, 2.75) is 70.0 Å². The van der Waals surface area contributed by atoms with E-state index in [1.165, 1.54) is 25.7 Å². The number of carbonyl (C=O) groups excluding carboxylic acids is 2. The molecule has 0 aromatic heterocycles. The Labute approximate surface area is 191 Å². The molecule has 4 saturated carbocycles. The smallest absolute Gasteiger partial charge is 0.255 e. The molecule has 1 spiro atoms. The largest absolute Gasteiger partial charge is 0.362 e. The minimum Gasteiger partial charge on any atom is -0.362 e. The van der Waals surface area contributed by atoms with E-state index in [0.29, 0.717) is 5.91 Å². The summed E-state index contributed by atoms with van der Waals surface area (Å²) in [6, 6.07) is 8.53. The lowest BCUT2D eigenvalue weighted by atomic mass is 9.51. The highest BCUT2D eigenvalue weighted by molar-refractivity contribution is 6.02. The van der Waals surface area contributed by atoms with Crippen molar-refractivity contribution in [1.29, 1.82) is 0 Å². The van der Waals surface area contributed by atoms with Gasteiger partial charge in [-0.15, -0.1) is 0 Å².